The van der Waals surface area contributed by atoms with E-state index in [9.17, 15) is 5.11 Å². The summed E-state index contributed by atoms with van der Waals surface area (Å²) < 4.78 is 12.5. The molecule has 24 heavy (non-hydrogen) atoms. The van der Waals surface area contributed by atoms with E-state index in [4.69, 9.17) is 8.94 Å². The summed E-state index contributed by atoms with van der Waals surface area (Å²) in [6.07, 6.45) is 5.53. The van der Waals surface area contributed by atoms with Crippen molar-refractivity contribution in [3.8, 4) is 11.5 Å². The second-order valence-electron chi connectivity index (χ2n) is 6.35. The number of hydrogen-bond donors (Lipinski definition) is 1. The molecule has 0 radical (unpaired) electrons. The summed E-state index contributed by atoms with van der Waals surface area (Å²) in [4.78, 5) is 2.29. The van der Waals surface area contributed by atoms with E-state index in [0.29, 0.717) is 24.0 Å². The Morgan fingerprint density at radius 3 is 2.96 bits per heavy atom. The second kappa shape index (κ2) is 6.26. The first-order valence-corrected chi connectivity index (χ1v) is 8.04. The normalized spacial score (nSPS) is 21.6. The van der Waals surface area contributed by atoms with E-state index in [1.807, 2.05) is 37.6 Å². The maximum absolute atomic E-state index is 9.72. The molecule has 1 aliphatic heterocycles. The molecule has 1 aliphatic rings. The highest BCUT2D eigenvalue weighted by Gasteiger charge is 2.34. The molecule has 3 aromatic rings. The zero-order valence-corrected chi connectivity index (χ0v) is 13.5. The Bertz CT molecular complexity index is 792. The Hall–Kier alpha value is -2.38. The largest absolute Gasteiger partial charge is 0.461 e. The number of aromatic nitrogens is 3. The van der Waals surface area contributed by atoms with Gasteiger partial charge in [0.05, 0.1) is 18.2 Å². The van der Waals surface area contributed by atoms with Gasteiger partial charge in [-0.25, -0.2) is 0 Å². The topological polar surface area (TPSA) is 80.5 Å². The van der Waals surface area contributed by atoms with Crippen molar-refractivity contribution >= 4 is 0 Å². The Kier molecular flexibility index (Phi) is 3.95. The van der Waals surface area contributed by atoms with Crippen LogP contribution in [0.3, 0.4) is 0 Å². The minimum Gasteiger partial charge on any atom is -0.461 e. The van der Waals surface area contributed by atoms with Gasteiger partial charge in [0.1, 0.15) is 0 Å². The molecule has 4 rings (SSSR count). The van der Waals surface area contributed by atoms with Gasteiger partial charge < -0.3 is 14.0 Å². The molecule has 0 aliphatic carbocycles. The first-order chi connectivity index (χ1) is 11.7. The highest BCUT2D eigenvalue weighted by Crippen LogP contribution is 2.33. The lowest BCUT2D eigenvalue weighted by Gasteiger charge is -2.13. The van der Waals surface area contributed by atoms with Gasteiger partial charge in [0.25, 0.3) is 0 Å². The molecule has 7 heteroatoms. The van der Waals surface area contributed by atoms with Crippen LogP contribution < -0.4 is 0 Å². The summed E-state index contributed by atoms with van der Waals surface area (Å²) in [5, 5.41) is 18.1. The molecule has 0 amide bonds. The fourth-order valence-electron chi connectivity index (χ4n) is 3.43. The molecule has 1 saturated heterocycles. The van der Waals surface area contributed by atoms with Crippen molar-refractivity contribution in [2.75, 3.05) is 19.7 Å². The summed E-state index contributed by atoms with van der Waals surface area (Å²) >= 11 is 0. The molecule has 2 atom stereocenters. The first kappa shape index (κ1) is 15.2. The summed E-state index contributed by atoms with van der Waals surface area (Å²) in [6.45, 7) is 2.57. The minimum absolute atomic E-state index is 0.173. The van der Waals surface area contributed by atoms with Crippen molar-refractivity contribution in [3.63, 3.8) is 0 Å². The molecule has 3 aromatic heterocycles. The third-order valence-electron chi connectivity index (χ3n) is 4.61. The Balaban J connectivity index is 1.46. The van der Waals surface area contributed by atoms with Crippen LogP contribution >= 0.6 is 0 Å². The number of aryl methyl sites for hydroxylation is 1. The van der Waals surface area contributed by atoms with Gasteiger partial charge in [-0.05, 0) is 17.7 Å². The van der Waals surface area contributed by atoms with E-state index in [2.05, 4.69) is 15.2 Å². The molecule has 0 aromatic carbocycles. The molecule has 0 unspecified atom stereocenters. The van der Waals surface area contributed by atoms with Crippen molar-refractivity contribution in [1.29, 1.82) is 0 Å². The molecule has 0 bridgehead atoms. The van der Waals surface area contributed by atoms with E-state index >= 15 is 0 Å². The van der Waals surface area contributed by atoms with Crippen molar-refractivity contribution in [1.82, 2.24) is 19.8 Å². The predicted molar refractivity (Wildman–Crippen MR) is 86.0 cm³/mol. The van der Waals surface area contributed by atoms with Crippen LogP contribution in [0.15, 0.2) is 45.8 Å². The number of nitrogens with zero attached hydrogens (tertiary/aromatic N) is 4. The van der Waals surface area contributed by atoms with Gasteiger partial charge in [-0.3, -0.25) is 9.58 Å². The van der Waals surface area contributed by atoms with Crippen molar-refractivity contribution in [2.24, 2.45) is 13.0 Å². The average Bonchev–Trinajstić information content (AvgIpc) is 3.34. The summed E-state index contributed by atoms with van der Waals surface area (Å²) in [5.74, 6) is 1.82. The van der Waals surface area contributed by atoms with Crippen LogP contribution in [0.25, 0.3) is 11.5 Å². The molecule has 1 fully saturated rings. The zero-order valence-electron chi connectivity index (χ0n) is 13.5. The minimum atomic E-state index is 0.173. The number of aliphatic hydroxyl groups is 1. The SMILES string of the molecule is Cn1cc([C@@H]2CN(Cc3cc(-c4ccco4)on3)C[C@H]2CO)cn1. The summed E-state index contributed by atoms with van der Waals surface area (Å²) in [7, 11) is 1.91. The average molecular weight is 328 g/mol. The van der Waals surface area contributed by atoms with Gasteiger partial charge in [-0.2, -0.15) is 5.10 Å². The zero-order chi connectivity index (χ0) is 16.5. The molecule has 1 N–H and O–H groups in total. The molecule has 4 heterocycles. The van der Waals surface area contributed by atoms with Crippen LogP contribution in [0, 0.1) is 5.92 Å². The Labute approximate surface area is 139 Å². The van der Waals surface area contributed by atoms with Crippen LogP contribution in [-0.2, 0) is 13.6 Å². The van der Waals surface area contributed by atoms with Gasteiger partial charge in [0.15, 0.2) is 5.76 Å². The van der Waals surface area contributed by atoms with Gasteiger partial charge in [-0.15, -0.1) is 0 Å². The van der Waals surface area contributed by atoms with Gasteiger partial charge >= 0.3 is 0 Å². The highest BCUT2D eigenvalue weighted by atomic mass is 16.5. The van der Waals surface area contributed by atoms with E-state index < -0.39 is 0 Å². The number of rotatable bonds is 5. The van der Waals surface area contributed by atoms with Crippen LogP contribution in [-0.4, -0.2) is 44.6 Å². The quantitative estimate of drug-likeness (QED) is 0.770. The standard InChI is InChI=1S/C17H20N4O3/c1-20-7-12(6-18-20)15-10-21(8-13(15)11-22)9-14-5-17(24-19-14)16-3-2-4-23-16/h2-7,13,15,22H,8-11H2,1H3/t13-,15-/m0/s1. The molecule has 7 nitrogen and oxygen atoms in total. The summed E-state index contributed by atoms with van der Waals surface area (Å²) in [5.41, 5.74) is 2.04. The van der Waals surface area contributed by atoms with Crippen LogP contribution in [0.5, 0.6) is 0 Å². The van der Waals surface area contributed by atoms with E-state index in [1.165, 1.54) is 5.56 Å². The third-order valence-corrected chi connectivity index (χ3v) is 4.61. The Morgan fingerprint density at radius 1 is 1.33 bits per heavy atom. The summed E-state index contributed by atoms with van der Waals surface area (Å²) in [6, 6.07) is 5.58. The highest BCUT2D eigenvalue weighted by molar-refractivity contribution is 5.49. The van der Waals surface area contributed by atoms with E-state index in [-0.39, 0.29) is 12.5 Å². The molecular formula is C17H20N4O3. The monoisotopic (exact) mass is 328 g/mol. The number of furan rings is 1. The van der Waals surface area contributed by atoms with Crippen molar-refractivity contribution in [2.45, 2.75) is 12.5 Å². The number of aliphatic hydroxyl groups excluding tert-OH is 1. The van der Waals surface area contributed by atoms with Crippen LogP contribution in [0.2, 0.25) is 0 Å². The molecule has 0 saturated carbocycles. The van der Waals surface area contributed by atoms with Crippen molar-refractivity contribution < 1.29 is 14.0 Å². The lowest BCUT2D eigenvalue weighted by molar-refractivity contribution is 0.213. The maximum atomic E-state index is 9.72. The lowest BCUT2D eigenvalue weighted by Crippen LogP contribution is -2.21. The van der Waals surface area contributed by atoms with Crippen molar-refractivity contribution in [3.05, 3.63) is 48.1 Å². The third kappa shape index (κ3) is 2.88. The Morgan fingerprint density at radius 2 is 2.25 bits per heavy atom. The van der Waals surface area contributed by atoms with Gasteiger partial charge in [0, 0.05) is 57.4 Å². The maximum Gasteiger partial charge on any atom is 0.202 e. The fraction of sp³-hybridized carbons (Fsp3) is 0.412. The molecule has 126 valence electrons. The van der Waals surface area contributed by atoms with E-state index in [0.717, 1.165) is 18.8 Å². The van der Waals surface area contributed by atoms with Gasteiger partial charge in [-0.1, -0.05) is 5.16 Å². The van der Waals surface area contributed by atoms with Gasteiger partial charge in [0.2, 0.25) is 5.76 Å². The number of likely N-dealkylation sites (tertiary alicyclic amines) is 1. The smallest absolute Gasteiger partial charge is 0.202 e. The van der Waals surface area contributed by atoms with Crippen LogP contribution in [0.4, 0.5) is 0 Å². The fourth-order valence-corrected chi connectivity index (χ4v) is 3.43. The van der Waals surface area contributed by atoms with E-state index in [1.54, 1.807) is 10.9 Å². The first-order valence-electron chi connectivity index (χ1n) is 8.04. The van der Waals surface area contributed by atoms with Crippen LogP contribution in [0.1, 0.15) is 17.2 Å². The predicted octanol–water partition coefficient (Wildman–Crippen LogP) is 1.88. The second-order valence-corrected chi connectivity index (χ2v) is 6.35. The molecule has 0 spiro atoms. The molecular weight excluding hydrogens is 308 g/mol. The lowest BCUT2D eigenvalue weighted by atomic mass is 9.92. The number of hydrogen-bond acceptors (Lipinski definition) is 6.